The molecular weight excluding hydrogens is 529 g/mol. The molecule has 0 saturated carbocycles. The molecule has 2 aliphatic rings. The number of fused-ring (bicyclic) bond motifs is 3. The third-order valence-corrected chi connectivity index (χ3v) is 8.03. The molecule has 3 aromatic rings. The van der Waals surface area contributed by atoms with Gasteiger partial charge in [0.05, 0.1) is 11.2 Å². The van der Waals surface area contributed by atoms with Gasteiger partial charge in [-0.15, -0.1) is 0 Å². The first-order valence-electron chi connectivity index (χ1n) is 12.6. The van der Waals surface area contributed by atoms with Gasteiger partial charge in [0, 0.05) is 16.9 Å². The van der Waals surface area contributed by atoms with Crippen molar-refractivity contribution in [2.45, 2.75) is 44.8 Å². The quantitative estimate of drug-likeness (QED) is 0.330. The second-order valence-electron chi connectivity index (χ2n) is 10.5. The lowest BCUT2D eigenvalue weighted by Crippen LogP contribution is -2.41. The molecule has 37 heavy (non-hydrogen) atoms. The average Bonchev–Trinajstić information content (AvgIpc) is 3.29. The van der Waals surface area contributed by atoms with Gasteiger partial charge in [-0.3, -0.25) is 0 Å². The first kappa shape index (κ1) is 25.8. The topological polar surface area (TPSA) is 56.8 Å². The third-order valence-electron chi connectivity index (χ3n) is 7.54. The Bertz CT molecular complexity index is 1290. The molecule has 1 heterocycles. The summed E-state index contributed by atoms with van der Waals surface area (Å²) in [6, 6.07) is 24.6. The number of ether oxygens (including phenoxy) is 1. The second kappa shape index (κ2) is 10.1. The Morgan fingerprint density at radius 2 is 1.54 bits per heavy atom. The third kappa shape index (κ3) is 5.26. The highest BCUT2D eigenvalue weighted by atomic mass is 79.9. The van der Waals surface area contributed by atoms with E-state index in [9.17, 15) is 4.79 Å². The number of rotatable bonds is 6. The van der Waals surface area contributed by atoms with E-state index >= 15 is 0 Å². The van der Waals surface area contributed by atoms with Crippen molar-refractivity contribution in [2.24, 2.45) is 0 Å². The normalized spacial score (nSPS) is 17.9. The molecule has 7 heteroatoms. The molecule has 0 radical (unpaired) electrons. The van der Waals surface area contributed by atoms with E-state index in [1.165, 1.54) is 22.3 Å². The number of carbonyl (C=O) groups excluding carboxylic acids is 1. The van der Waals surface area contributed by atoms with Crippen LogP contribution in [0.5, 0.6) is 0 Å². The van der Waals surface area contributed by atoms with Crippen molar-refractivity contribution < 1.29 is 18.8 Å². The fraction of sp³-hybridized carbons (Fsp3) is 0.300. The summed E-state index contributed by atoms with van der Waals surface area (Å²) in [7, 11) is -0.585. The predicted molar refractivity (Wildman–Crippen MR) is 151 cm³/mol. The van der Waals surface area contributed by atoms with Gasteiger partial charge in [0.1, 0.15) is 6.61 Å². The molecule has 5 nitrogen and oxygen atoms in total. The number of hydrogen-bond acceptors (Lipinski definition) is 4. The van der Waals surface area contributed by atoms with Crippen molar-refractivity contribution in [1.29, 1.82) is 0 Å². The minimum atomic E-state index is -0.585. The number of benzene rings is 3. The van der Waals surface area contributed by atoms with E-state index < -0.39 is 24.4 Å². The summed E-state index contributed by atoms with van der Waals surface area (Å²) in [6.07, 6.45) is 1.52. The van der Waals surface area contributed by atoms with Crippen molar-refractivity contribution in [1.82, 2.24) is 5.32 Å². The molecule has 1 fully saturated rings. The molecule has 1 N–H and O–H groups in total. The summed E-state index contributed by atoms with van der Waals surface area (Å²) in [6.45, 7) is 8.57. The van der Waals surface area contributed by atoms with Crippen LogP contribution in [0.4, 0.5) is 4.79 Å². The molecule has 0 spiro atoms. The highest BCUT2D eigenvalue weighted by Gasteiger charge is 2.52. The Morgan fingerprint density at radius 3 is 2.14 bits per heavy atom. The minimum Gasteiger partial charge on any atom is -0.449 e. The van der Waals surface area contributed by atoms with Gasteiger partial charge >= 0.3 is 13.2 Å². The van der Waals surface area contributed by atoms with E-state index in [2.05, 4.69) is 45.5 Å². The zero-order valence-corrected chi connectivity index (χ0v) is 23.2. The highest BCUT2D eigenvalue weighted by molar-refractivity contribution is 9.10. The lowest BCUT2D eigenvalue weighted by molar-refractivity contribution is 0.00578. The van der Waals surface area contributed by atoms with Crippen LogP contribution in [0, 0.1) is 0 Å². The van der Waals surface area contributed by atoms with Crippen molar-refractivity contribution in [2.75, 3.05) is 13.2 Å². The number of carbonyl (C=O) groups is 1. The Kier molecular flexibility index (Phi) is 7.05. The molecule has 1 saturated heterocycles. The van der Waals surface area contributed by atoms with Crippen molar-refractivity contribution in [3.8, 4) is 11.1 Å². The van der Waals surface area contributed by atoms with Gasteiger partial charge < -0.3 is 19.4 Å². The van der Waals surface area contributed by atoms with Crippen LogP contribution >= 0.6 is 15.9 Å². The Labute approximate surface area is 227 Å². The van der Waals surface area contributed by atoms with E-state index in [1.807, 2.05) is 82.3 Å². The first-order chi connectivity index (χ1) is 17.6. The molecule has 0 unspecified atom stereocenters. The Balaban J connectivity index is 1.29. The maximum atomic E-state index is 12.9. The number of nitrogens with one attached hydrogen (secondary N) is 1. The standard InChI is InChI=1S/C30H31BBrNO4/c1-29(2)30(3,4)37-31(36-29)21(16-20-10-9-11-22(32)17-20)18-33-28(34)35-19-27-25-14-7-5-12-23(25)24-13-6-8-15-26(24)27/h5-17,27H,18-19H2,1-4H3,(H,33,34). The van der Waals surface area contributed by atoms with Gasteiger partial charge in [0.15, 0.2) is 0 Å². The summed E-state index contributed by atoms with van der Waals surface area (Å²) in [5, 5.41) is 2.92. The summed E-state index contributed by atoms with van der Waals surface area (Å²) in [5.41, 5.74) is 5.58. The van der Waals surface area contributed by atoms with Crippen molar-refractivity contribution >= 4 is 35.2 Å². The summed E-state index contributed by atoms with van der Waals surface area (Å²) in [4.78, 5) is 12.9. The molecule has 0 aromatic heterocycles. The van der Waals surface area contributed by atoms with Gasteiger partial charge in [0.2, 0.25) is 0 Å². The van der Waals surface area contributed by atoms with E-state index in [4.69, 9.17) is 14.0 Å². The SMILES string of the molecule is CC1(C)OB(C(=Cc2cccc(Br)c2)CNC(=O)OCC2c3ccccc3-c3ccccc32)OC1(C)C. The van der Waals surface area contributed by atoms with E-state index in [0.717, 1.165) is 15.5 Å². The van der Waals surface area contributed by atoms with Gasteiger partial charge in [-0.1, -0.05) is 82.7 Å². The molecule has 0 bridgehead atoms. The van der Waals surface area contributed by atoms with Crippen LogP contribution in [0.3, 0.4) is 0 Å². The Hall–Kier alpha value is -2.87. The number of halogens is 1. The molecule has 1 amide bonds. The largest absolute Gasteiger partial charge is 0.492 e. The van der Waals surface area contributed by atoms with Crippen molar-refractivity contribution in [3.05, 3.63) is 99.4 Å². The fourth-order valence-electron chi connectivity index (χ4n) is 4.83. The van der Waals surface area contributed by atoms with Gasteiger partial charge in [-0.25, -0.2) is 4.79 Å². The van der Waals surface area contributed by atoms with Crippen LogP contribution in [0.25, 0.3) is 17.2 Å². The lowest BCUT2D eigenvalue weighted by atomic mass is 9.77. The lowest BCUT2D eigenvalue weighted by Gasteiger charge is -2.32. The molecule has 1 aliphatic carbocycles. The smallest absolute Gasteiger partial charge is 0.449 e. The van der Waals surface area contributed by atoms with Crippen molar-refractivity contribution in [3.63, 3.8) is 0 Å². The fourth-order valence-corrected chi connectivity index (χ4v) is 5.25. The highest BCUT2D eigenvalue weighted by Crippen LogP contribution is 2.44. The van der Waals surface area contributed by atoms with E-state index in [0.29, 0.717) is 0 Å². The molecule has 1 aliphatic heterocycles. The second-order valence-corrected chi connectivity index (χ2v) is 11.5. The summed E-state index contributed by atoms with van der Waals surface area (Å²) < 4.78 is 19.3. The van der Waals surface area contributed by atoms with Crippen LogP contribution < -0.4 is 5.32 Å². The Morgan fingerprint density at radius 1 is 0.946 bits per heavy atom. The zero-order valence-electron chi connectivity index (χ0n) is 21.6. The van der Waals surface area contributed by atoms with Crippen LogP contribution in [0.2, 0.25) is 0 Å². The number of alkyl carbamates (subject to hydrolysis) is 1. The van der Waals surface area contributed by atoms with E-state index in [1.54, 1.807) is 0 Å². The van der Waals surface area contributed by atoms with E-state index in [-0.39, 0.29) is 19.1 Å². The monoisotopic (exact) mass is 559 g/mol. The molecule has 0 atom stereocenters. The maximum Gasteiger partial charge on any atom is 0.492 e. The number of amides is 1. The number of hydrogen-bond donors (Lipinski definition) is 1. The van der Waals surface area contributed by atoms with Crippen LogP contribution in [0.1, 0.15) is 50.3 Å². The molecular formula is C30H31BBrNO4. The summed E-state index contributed by atoms with van der Waals surface area (Å²) in [5.74, 6) is 0.0120. The predicted octanol–water partition coefficient (Wildman–Crippen LogP) is 7.00. The first-order valence-corrected chi connectivity index (χ1v) is 13.3. The van der Waals surface area contributed by atoms with Crippen LogP contribution in [0.15, 0.2) is 82.7 Å². The zero-order chi connectivity index (χ0) is 26.2. The average molecular weight is 560 g/mol. The van der Waals surface area contributed by atoms with Crippen LogP contribution in [-0.4, -0.2) is 37.6 Å². The molecule has 3 aromatic carbocycles. The van der Waals surface area contributed by atoms with Gasteiger partial charge in [-0.05, 0) is 73.1 Å². The van der Waals surface area contributed by atoms with Gasteiger partial charge in [-0.2, -0.15) is 0 Å². The summed E-state index contributed by atoms with van der Waals surface area (Å²) >= 11 is 3.53. The van der Waals surface area contributed by atoms with Crippen LogP contribution in [-0.2, 0) is 14.0 Å². The minimum absolute atomic E-state index is 0.0120. The van der Waals surface area contributed by atoms with Gasteiger partial charge in [0.25, 0.3) is 0 Å². The molecule has 5 rings (SSSR count). The maximum absolute atomic E-state index is 12.9. The molecule has 190 valence electrons.